The van der Waals surface area contributed by atoms with Gasteiger partial charge in [-0.1, -0.05) is 20.3 Å². The summed E-state index contributed by atoms with van der Waals surface area (Å²) in [6, 6.07) is 1.65. The zero-order valence-corrected chi connectivity index (χ0v) is 26.6. The Hall–Kier alpha value is -2.62. The average molecular weight is 713 g/mol. The number of alkyl halides is 2. The number of benzene rings is 1. The quantitative estimate of drug-likeness (QED) is 0.0572. The van der Waals surface area contributed by atoms with Gasteiger partial charge in [-0.2, -0.15) is 8.78 Å². The van der Waals surface area contributed by atoms with Crippen LogP contribution in [0.2, 0.25) is 0 Å². The normalized spacial score (nSPS) is 21.0. The SMILES string of the molecule is CC1(C)[C@@H]2C[C@H]1[C@@H](c1c(O)cc(C(F)(F)C(=O)OCCCCCCO[N+](=O)[O-])cc1OC(=O)C[N+](C)(C)C)CC2=O.[I-]. The van der Waals surface area contributed by atoms with E-state index in [1.54, 1.807) is 21.1 Å². The maximum absolute atomic E-state index is 15.2. The third kappa shape index (κ3) is 8.26. The minimum absolute atomic E-state index is 0. The van der Waals surface area contributed by atoms with E-state index >= 15 is 8.78 Å². The average Bonchev–Trinajstić information content (AvgIpc) is 2.83. The molecule has 2 bridgehead atoms. The van der Waals surface area contributed by atoms with E-state index in [-0.39, 0.29) is 95.4 Å². The van der Waals surface area contributed by atoms with Crippen molar-refractivity contribution in [2.75, 3.05) is 40.9 Å². The van der Waals surface area contributed by atoms with Crippen LogP contribution < -0.4 is 28.7 Å². The summed E-state index contributed by atoms with van der Waals surface area (Å²) in [7, 11) is 5.24. The number of hydrogen-bond donors (Lipinski definition) is 1. The molecule has 0 heterocycles. The van der Waals surface area contributed by atoms with Crippen LogP contribution in [-0.2, 0) is 29.9 Å². The molecule has 0 spiro atoms. The molecule has 3 aliphatic rings. The fourth-order valence-corrected chi connectivity index (χ4v) is 5.86. The van der Waals surface area contributed by atoms with Crippen molar-refractivity contribution in [1.29, 1.82) is 0 Å². The summed E-state index contributed by atoms with van der Waals surface area (Å²) in [4.78, 5) is 52.2. The van der Waals surface area contributed by atoms with Gasteiger partial charge in [-0.25, -0.2) is 9.59 Å². The van der Waals surface area contributed by atoms with Gasteiger partial charge >= 0.3 is 17.9 Å². The molecule has 1 aromatic rings. The van der Waals surface area contributed by atoms with Crippen molar-refractivity contribution in [2.45, 2.75) is 64.2 Å². The highest BCUT2D eigenvalue weighted by atomic mass is 127. The van der Waals surface area contributed by atoms with Crippen molar-refractivity contribution in [1.82, 2.24) is 0 Å². The van der Waals surface area contributed by atoms with Gasteiger partial charge in [0.15, 0.2) is 6.54 Å². The largest absolute Gasteiger partial charge is 1.00 e. The van der Waals surface area contributed by atoms with Crippen LogP contribution in [0.4, 0.5) is 8.78 Å². The van der Waals surface area contributed by atoms with Gasteiger partial charge in [0.2, 0.25) is 0 Å². The van der Waals surface area contributed by atoms with Crippen LogP contribution in [0.25, 0.3) is 0 Å². The minimum Gasteiger partial charge on any atom is -1.00 e. The number of phenolic OH excluding ortho intramolecular Hbond substituents is 1. The summed E-state index contributed by atoms with van der Waals surface area (Å²) in [5, 5.41) is 20.2. The second-order valence-corrected chi connectivity index (χ2v) is 12.5. The van der Waals surface area contributed by atoms with Crippen LogP contribution in [0.1, 0.15) is 69.4 Å². The number of unbranched alkanes of at least 4 members (excludes halogenated alkanes) is 3. The second-order valence-electron chi connectivity index (χ2n) is 12.5. The zero-order chi connectivity index (χ0) is 30.8. The van der Waals surface area contributed by atoms with Gasteiger partial charge in [-0.15, -0.1) is 10.1 Å². The third-order valence-electron chi connectivity index (χ3n) is 8.04. The van der Waals surface area contributed by atoms with E-state index in [4.69, 9.17) is 9.47 Å². The molecular formula is C28H39F2IN2O9. The van der Waals surface area contributed by atoms with Crippen molar-refractivity contribution in [3.63, 3.8) is 0 Å². The Bertz CT molecular complexity index is 1190. The molecule has 0 aliphatic heterocycles. The molecule has 3 aliphatic carbocycles. The molecule has 4 rings (SSSR count). The molecule has 0 amide bonds. The van der Waals surface area contributed by atoms with Gasteiger partial charge in [0.05, 0.1) is 34.4 Å². The smallest absolute Gasteiger partial charge is 0.381 e. The lowest BCUT2D eigenvalue weighted by Crippen LogP contribution is -3.00. The van der Waals surface area contributed by atoms with Gasteiger partial charge in [-0.05, 0) is 49.1 Å². The molecule has 0 aromatic heterocycles. The van der Waals surface area contributed by atoms with Crippen LogP contribution in [-0.4, -0.2) is 73.3 Å². The summed E-state index contributed by atoms with van der Waals surface area (Å²) < 4.78 is 41.0. The third-order valence-corrected chi connectivity index (χ3v) is 8.04. The fourth-order valence-electron chi connectivity index (χ4n) is 5.86. The van der Waals surface area contributed by atoms with E-state index in [1.807, 2.05) is 13.8 Å². The molecule has 42 heavy (non-hydrogen) atoms. The molecular weight excluding hydrogens is 673 g/mol. The summed E-state index contributed by atoms with van der Waals surface area (Å²) in [6.07, 6.45) is 2.31. The predicted molar refractivity (Wildman–Crippen MR) is 141 cm³/mol. The monoisotopic (exact) mass is 712 g/mol. The Morgan fingerprint density at radius 3 is 2.31 bits per heavy atom. The van der Waals surface area contributed by atoms with Crippen LogP contribution >= 0.6 is 0 Å². The number of fused-ring (bicyclic) bond motifs is 2. The van der Waals surface area contributed by atoms with E-state index in [1.165, 1.54) is 0 Å². The highest BCUT2D eigenvalue weighted by molar-refractivity contribution is 5.86. The zero-order valence-electron chi connectivity index (χ0n) is 24.5. The van der Waals surface area contributed by atoms with Gasteiger partial charge in [0, 0.05) is 29.4 Å². The molecule has 0 radical (unpaired) electrons. The Morgan fingerprint density at radius 1 is 1.14 bits per heavy atom. The lowest BCUT2D eigenvalue weighted by Gasteiger charge is -2.59. The predicted octanol–water partition coefficient (Wildman–Crippen LogP) is 1.13. The maximum atomic E-state index is 15.2. The number of rotatable bonds is 14. The Kier molecular flexibility index (Phi) is 11.7. The number of likely N-dealkylation sites (N-methyl/N-ethyl adjacent to an activating group) is 1. The van der Waals surface area contributed by atoms with E-state index in [9.17, 15) is 29.6 Å². The number of carbonyl (C=O) groups excluding carboxylic acids is 3. The molecule has 14 heteroatoms. The number of nitrogens with zero attached hydrogens (tertiary/aromatic N) is 2. The lowest BCUT2D eigenvalue weighted by molar-refractivity contribution is -0.862. The first-order valence-corrected chi connectivity index (χ1v) is 13.7. The topological polar surface area (TPSA) is 142 Å². The molecule has 3 saturated carbocycles. The molecule has 0 unspecified atom stereocenters. The van der Waals surface area contributed by atoms with E-state index in [0.717, 1.165) is 12.1 Å². The van der Waals surface area contributed by atoms with Gasteiger partial charge < -0.3 is 47.9 Å². The second kappa shape index (κ2) is 13.8. The standard InChI is InChI=1S/C28H38F2N2O9.HI/c1-27(2)19-15-20(27)21(33)14-18(19)25-22(34)12-17(13-23(25)41-24(35)16-32(3,4)5)28(29,30)26(36)39-10-8-6-7-9-11-40-31(37)38;/h12-13,18-20H,6-11,14-16H2,1-5H3;1H/t18-,19-,20+;/m0./s1. The number of Topliss-reactive ketones (excluding diaryl/α,β-unsaturated/α-hetero) is 1. The number of hydrogen-bond acceptors (Lipinski definition) is 9. The van der Waals surface area contributed by atoms with E-state index < -0.39 is 40.2 Å². The molecule has 1 N–H and O–H groups in total. The highest BCUT2D eigenvalue weighted by Gasteiger charge is 2.59. The first-order valence-electron chi connectivity index (χ1n) is 13.7. The number of ketones is 1. The van der Waals surface area contributed by atoms with Gasteiger partial charge in [-0.3, -0.25) is 4.79 Å². The number of ether oxygens (including phenoxy) is 2. The summed E-state index contributed by atoms with van der Waals surface area (Å²) in [6.45, 7) is 3.42. The van der Waals surface area contributed by atoms with Gasteiger partial charge in [0.1, 0.15) is 17.3 Å². The van der Waals surface area contributed by atoms with Crippen LogP contribution in [0.5, 0.6) is 11.5 Å². The molecule has 3 fully saturated rings. The maximum Gasteiger partial charge on any atom is 0.381 e. The van der Waals surface area contributed by atoms with Crippen molar-refractivity contribution >= 4 is 17.7 Å². The van der Waals surface area contributed by atoms with Crippen molar-refractivity contribution in [3.05, 3.63) is 33.4 Å². The fraction of sp³-hybridized carbons (Fsp3) is 0.679. The first-order chi connectivity index (χ1) is 18.9. The number of carbonyl (C=O) groups is 3. The molecule has 3 atom stereocenters. The molecule has 1 aromatic carbocycles. The van der Waals surface area contributed by atoms with E-state index in [0.29, 0.717) is 25.7 Å². The van der Waals surface area contributed by atoms with Crippen molar-refractivity contribution in [2.24, 2.45) is 17.3 Å². The Balaban J connectivity index is 0.00000616. The lowest BCUT2D eigenvalue weighted by atomic mass is 9.44. The summed E-state index contributed by atoms with van der Waals surface area (Å²) >= 11 is 0. The van der Waals surface area contributed by atoms with Gasteiger partial charge in [0.25, 0.3) is 5.09 Å². The molecule has 236 valence electrons. The summed E-state index contributed by atoms with van der Waals surface area (Å²) in [5.74, 6) is -8.29. The highest BCUT2D eigenvalue weighted by Crippen LogP contribution is 2.64. The van der Waals surface area contributed by atoms with Crippen molar-refractivity contribution in [3.8, 4) is 11.5 Å². The summed E-state index contributed by atoms with van der Waals surface area (Å²) in [5.41, 5.74) is -1.15. The number of quaternary nitrogens is 1. The first kappa shape index (κ1) is 35.6. The van der Waals surface area contributed by atoms with Crippen LogP contribution in [0.3, 0.4) is 0 Å². The number of halogens is 3. The Labute approximate surface area is 260 Å². The van der Waals surface area contributed by atoms with E-state index in [2.05, 4.69) is 4.84 Å². The molecule has 11 nitrogen and oxygen atoms in total. The number of esters is 2. The Morgan fingerprint density at radius 2 is 1.76 bits per heavy atom. The van der Waals surface area contributed by atoms with Crippen LogP contribution in [0, 0.1) is 27.4 Å². The molecule has 0 saturated heterocycles. The van der Waals surface area contributed by atoms with Crippen LogP contribution in [0.15, 0.2) is 12.1 Å². The minimum atomic E-state index is -4.17. The van der Waals surface area contributed by atoms with Crippen molar-refractivity contribution < 1.29 is 76.1 Å². The number of phenols is 1. The number of aromatic hydroxyl groups is 1.